The van der Waals surface area contributed by atoms with Gasteiger partial charge in [0, 0.05) is 0 Å². The van der Waals surface area contributed by atoms with Gasteiger partial charge in [-0.15, -0.1) is 0 Å². The molecule has 0 aromatic carbocycles. The molecule has 0 bridgehead atoms. The molecule has 0 radical (unpaired) electrons. The second kappa shape index (κ2) is 5.02. The summed E-state index contributed by atoms with van der Waals surface area (Å²) in [5, 5.41) is 0. The van der Waals surface area contributed by atoms with Crippen LogP contribution in [0.25, 0.3) is 0 Å². The van der Waals surface area contributed by atoms with E-state index in [1.165, 1.54) is 0 Å². The normalized spacial score (nSPS) is 18.0. The van der Waals surface area contributed by atoms with E-state index in [-0.39, 0.29) is 59.1 Å². The van der Waals surface area contributed by atoms with Crippen molar-refractivity contribution in [3.05, 3.63) is 0 Å². The molecule has 9 heteroatoms. The van der Waals surface area contributed by atoms with Crippen LogP contribution in [-0.4, -0.2) is 0 Å². The van der Waals surface area contributed by atoms with Crippen LogP contribution in [-0.2, 0) is 0.665 Å². The van der Waals surface area contributed by atoms with Crippen molar-refractivity contribution in [3.63, 3.8) is 0 Å². The first-order valence-corrected chi connectivity index (χ1v) is 23.2. The molecular formula is Br6Na2Rh. The molecule has 0 atom stereocenters. The van der Waals surface area contributed by atoms with Gasteiger partial charge in [0.2, 0.25) is 0 Å². The quantitative estimate of drug-likeness (QED) is 0.305. The molecule has 0 amide bonds. The molecule has 0 fully saturated rings. The predicted octanol–water partition coefficient (Wildman–Crippen LogP) is -0.921. The minimum atomic E-state index is -3.11. The second-order valence-corrected chi connectivity index (χ2v) is 114. The molecule has 0 aromatic heterocycles. The first-order valence-electron chi connectivity index (χ1n) is 0.756. The minimum Gasteiger partial charge on any atom is 1.00 e. The molecule has 9 heavy (non-hydrogen) atoms. The molecule has 0 saturated carbocycles. The Kier molecular flexibility index (Phi) is 11.2. The van der Waals surface area contributed by atoms with Crippen molar-refractivity contribution in [1.82, 2.24) is 0 Å². The summed E-state index contributed by atoms with van der Waals surface area (Å²) in [6, 6.07) is 0. The third-order valence-corrected chi connectivity index (χ3v) is 0. The zero-order valence-electron chi connectivity index (χ0n) is 4.60. The first kappa shape index (κ1) is 20.0. The molecule has 0 N–H and O–H groups in total. The van der Waals surface area contributed by atoms with Gasteiger partial charge in [-0.1, -0.05) is 0 Å². The largest absolute Gasteiger partial charge is 1.00 e. The fourth-order valence-electron chi connectivity index (χ4n) is 0. The second-order valence-electron chi connectivity index (χ2n) is 0.714. The molecular weight excluding hydrogens is 628 g/mol. The van der Waals surface area contributed by atoms with Crippen molar-refractivity contribution in [2.45, 2.75) is 0 Å². The van der Waals surface area contributed by atoms with E-state index >= 15 is 0 Å². The molecule has 0 unspecified atom stereocenters. The fourth-order valence-corrected chi connectivity index (χ4v) is 0. The van der Waals surface area contributed by atoms with Crippen molar-refractivity contribution in [3.8, 4) is 0 Å². The van der Waals surface area contributed by atoms with Gasteiger partial charge in [-0.25, -0.2) is 0 Å². The van der Waals surface area contributed by atoms with Gasteiger partial charge >= 0.3 is 142 Å². The summed E-state index contributed by atoms with van der Waals surface area (Å²) in [6.07, 6.45) is 0. The van der Waals surface area contributed by atoms with Crippen LogP contribution < -0.4 is 59.1 Å². The molecule has 0 aliphatic rings. The van der Waals surface area contributed by atoms with E-state index in [2.05, 4.69) is 81.7 Å². The van der Waals surface area contributed by atoms with Crippen molar-refractivity contribution in [1.29, 1.82) is 0 Å². The Hall–Kier alpha value is 5.50. The van der Waals surface area contributed by atoms with Crippen LogP contribution in [0.2, 0.25) is 0 Å². The molecule has 53 valence electrons. The van der Waals surface area contributed by atoms with Crippen LogP contribution in [0.5, 0.6) is 0 Å². The number of rotatable bonds is 0. The van der Waals surface area contributed by atoms with Crippen LogP contribution in [0.1, 0.15) is 0 Å². The monoisotopic (exact) mass is 622 g/mol. The Labute approximate surface area is 137 Å². The summed E-state index contributed by atoms with van der Waals surface area (Å²) in [5.74, 6) is 0. The molecule has 0 aliphatic heterocycles. The Morgan fingerprint density at radius 3 is 0.556 bits per heavy atom. The Balaban J connectivity index is -0.000000180. The van der Waals surface area contributed by atoms with Crippen molar-refractivity contribution in [2.75, 3.05) is 0 Å². The Morgan fingerprint density at radius 1 is 0.556 bits per heavy atom. The summed E-state index contributed by atoms with van der Waals surface area (Å²) in [7, 11) is 0. The molecule has 0 spiro atoms. The van der Waals surface area contributed by atoms with E-state index in [1.807, 2.05) is 0 Å². The standard InChI is InChI=1S/6BrH.2Na.Rh/h6*1H;;;/q;;;;;;2*+1;+4/p-6. The Morgan fingerprint density at radius 2 is 0.556 bits per heavy atom. The van der Waals surface area contributed by atoms with Gasteiger partial charge in [0.05, 0.1) is 0 Å². The van der Waals surface area contributed by atoms with E-state index < -0.39 is 0.665 Å². The molecule has 0 aromatic rings. The van der Waals surface area contributed by atoms with Gasteiger partial charge in [0.15, 0.2) is 0 Å². The number of hydrogen-bond acceptors (Lipinski definition) is 0. The summed E-state index contributed by atoms with van der Waals surface area (Å²) in [6.45, 7) is 0. The predicted molar refractivity (Wildman–Crippen MR) is 53.6 cm³/mol. The zero-order valence-corrected chi connectivity index (χ0v) is 19.8. The van der Waals surface area contributed by atoms with Gasteiger partial charge in [-0.05, 0) is 0 Å². The average molecular weight is 628 g/mol. The average Bonchev–Trinajstić information content (AvgIpc) is 0.592. The molecule has 0 heterocycles. The smallest absolute Gasteiger partial charge is 1.00 e. The summed E-state index contributed by atoms with van der Waals surface area (Å²) in [5.41, 5.74) is 0. The fraction of sp³-hybridized carbons (Fsp3) is 0. The van der Waals surface area contributed by atoms with Crippen molar-refractivity contribution < 1.29 is 59.8 Å². The first-order chi connectivity index (χ1) is 2.45. The topological polar surface area (TPSA) is 0 Å². The van der Waals surface area contributed by atoms with E-state index in [4.69, 9.17) is 0 Å². The van der Waals surface area contributed by atoms with Crippen LogP contribution in [0.3, 0.4) is 0 Å². The van der Waals surface area contributed by atoms with E-state index in [1.54, 1.807) is 0 Å². The summed E-state index contributed by atoms with van der Waals surface area (Å²) >= 11 is 20.0. The SMILES string of the molecule is [Br][Rh-2]([Br])([Br])([Br])([Br])[Br].[Na+].[Na+]. The van der Waals surface area contributed by atoms with Crippen molar-refractivity contribution >= 4 is 81.7 Å². The van der Waals surface area contributed by atoms with Gasteiger partial charge in [0.25, 0.3) is 0 Å². The third kappa shape index (κ3) is 59.0. The van der Waals surface area contributed by atoms with Gasteiger partial charge in [-0.2, -0.15) is 0 Å². The number of hydrogen-bond donors (Lipinski definition) is 0. The van der Waals surface area contributed by atoms with Crippen LogP contribution in [0, 0.1) is 0 Å². The number of halogens is 6. The summed E-state index contributed by atoms with van der Waals surface area (Å²) in [4.78, 5) is 0. The van der Waals surface area contributed by atoms with E-state index in [0.29, 0.717) is 0 Å². The molecule has 0 rings (SSSR count). The maximum atomic E-state index is 3.34. The molecule has 0 aliphatic carbocycles. The third-order valence-electron chi connectivity index (χ3n) is 0. The summed E-state index contributed by atoms with van der Waals surface area (Å²) < 4.78 is -3.11. The van der Waals surface area contributed by atoms with Gasteiger partial charge in [-0.3, -0.25) is 0 Å². The van der Waals surface area contributed by atoms with Gasteiger partial charge in [0.1, 0.15) is 0 Å². The maximum absolute atomic E-state index is 3.34. The molecule has 0 saturated heterocycles. The van der Waals surface area contributed by atoms with Crippen LogP contribution >= 0.6 is 81.7 Å². The molecule has 0 nitrogen and oxygen atoms in total. The minimum absolute atomic E-state index is 0. The van der Waals surface area contributed by atoms with Crippen LogP contribution in [0.4, 0.5) is 0 Å². The van der Waals surface area contributed by atoms with E-state index in [0.717, 1.165) is 0 Å². The maximum Gasteiger partial charge on any atom is 1.00 e. The Bertz CT molecular complexity index is 69.6. The zero-order chi connectivity index (χ0) is 6.41. The van der Waals surface area contributed by atoms with E-state index in [9.17, 15) is 0 Å². The van der Waals surface area contributed by atoms with Gasteiger partial charge < -0.3 is 0 Å². The van der Waals surface area contributed by atoms with Crippen LogP contribution in [0.15, 0.2) is 0 Å². The van der Waals surface area contributed by atoms with Crippen molar-refractivity contribution in [2.24, 2.45) is 0 Å².